The number of hydrogen-bond donors (Lipinski definition) is 3. The molecule has 0 aliphatic heterocycles. The molecule has 0 bridgehead atoms. The number of carbonyl (C=O) groups excluding carboxylic acids is 2. The smallest absolute Gasteiger partial charge is 0.321 e. The van der Waals surface area contributed by atoms with Crippen molar-refractivity contribution in [3.8, 4) is 0 Å². The number of nitrogens with two attached hydrogens (primary N) is 1. The molecule has 1 rings (SSSR count). The molecule has 4 N–H and O–H groups in total. The average Bonchev–Trinajstić information content (AvgIpc) is 2.31. The lowest BCUT2D eigenvalue weighted by atomic mass is 10.3. The molecular weight excluding hydrogens is 238 g/mol. The van der Waals surface area contributed by atoms with Crippen molar-refractivity contribution in [1.82, 2.24) is 10.6 Å². The Labute approximate surface area is 104 Å². The first-order valence-electron chi connectivity index (χ1n) is 5.07. The fraction of sp³-hybridized carbons (Fsp3) is 0.273. The quantitative estimate of drug-likeness (QED) is 0.558. The Balaban J connectivity index is 2.54. The van der Waals surface area contributed by atoms with Gasteiger partial charge in [0.2, 0.25) is 5.91 Å². The summed E-state index contributed by atoms with van der Waals surface area (Å²) in [5.41, 5.74) is 6.24. The Morgan fingerprint density at radius 1 is 1.29 bits per heavy atom. The summed E-state index contributed by atoms with van der Waals surface area (Å²) in [5, 5.41) is 4.20. The summed E-state index contributed by atoms with van der Waals surface area (Å²) in [4.78, 5) is 23.5. The predicted octanol–water partition coefficient (Wildman–Crippen LogP) is 1.20. The number of urea groups is 1. The number of nitrogens with one attached hydrogen (secondary N) is 2. The summed E-state index contributed by atoms with van der Waals surface area (Å²) in [6, 6.07) is 6.71. The molecule has 3 amide bonds. The highest BCUT2D eigenvalue weighted by Gasteiger charge is 2.16. The number of imide groups is 1. The monoisotopic (exact) mass is 253 g/mol. The van der Waals surface area contributed by atoms with Gasteiger partial charge in [0.25, 0.3) is 0 Å². The molecule has 0 aliphatic rings. The topological polar surface area (TPSA) is 84.2 Å². The van der Waals surface area contributed by atoms with Crippen molar-refractivity contribution in [2.45, 2.75) is 17.1 Å². The van der Waals surface area contributed by atoms with Gasteiger partial charge in [-0.05, 0) is 31.2 Å². The molecule has 5 nitrogen and oxygen atoms in total. The molecule has 0 spiro atoms. The predicted molar refractivity (Wildman–Crippen MR) is 68.8 cm³/mol. The van der Waals surface area contributed by atoms with Crippen molar-refractivity contribution >= 4 is 29.4 Å². The van der Waals surface area contributed by atoms with Crippen LogP contribution in [0, 0.1) is 0 Å². The number of nitrogen functional groups attached to an aromatic ring is 1. The number of carbonyl (C=O) groups is 2. The molecular formula is C11H15N3O2S. The fourth-order valence-corrected chi connectivity index (χ4v) is 1.95. The van der Waals surface area contributed by atoms with Gasteiger partial charge in [0.1, 0.15) is 0 Å². The molecule has 1 unspecified atom stereocenters. The second-order valence-corrected chi connectivity index (χ2v) is 4.81. The molecule has 6 heteroatoms. The minimum atomic E-state index is -0.500. The number of benzene rings is 1. The lowest BCUT2D eigenvalue weighted by Crippen LogP contribution is -2.41. The van der Waals surface area contributed by atoms with Crippen molar-refractivity contribution in [3.05, 3.63) is 24.3 Å². The van der Waals surface area contributed by atoms with Crippen LogP contribution in [-0.2, 0) is 4.79 Å². The van der Waals surface area contributed by atoms with E-state index in [1.54, 1.807) is 19.1 Å². The van der Waals surface area contributed by atoms with Crippen LogP contribution in [0.15, 0.2) is 29.2 Å². The summed E-state index contributed by atoms with van der Waals surface area (Å²) < 4.78 is 0. The summed E-state index contributed by atoms with van der Waals surface area (Å²) >= 11 is 1.37. The SMILES string of the molecule is CNC(=O)NC(=O)C(C)Sc1ccc(N)cc1. The second-order valence-electron chi connectivity index (χ2n) is 3.40. The van der Waals surface area contributed by atoms with Gasteiger partial charge in [-0.1, -0.05) is 0 Å². The van der Waals surface area contributed by atoms with Crippen LogP contribution in [0.2, 0.25) is 0 Å². The Bertz CT molecular complexity index is 406. The zero-order valence-corrected chi connectivity index (χ0v) is 10.5. The number of anilines is 1. The van der Waals surface area contributed by atoms with Crippen LogP contribution < -0.4 is 16.4 Å². The molecule has 1 aromatic rings. The minimum absolute atomic E-state index is 0.328. The summed E-state index contributed by atoms with van der Waals surface area (Å²) in [6.07, 6.45) is 0. The van der Waals surface area contributed by atoms with Gasteiger partial charge in [-0.2, -0.15) is 0 Å². The largest absolute Gasteiger partial charge is 0.399 e. The Morgan fingerprint density at radius 2 is 1.88 bits per heavy atom. The molecule has 0 aromatic heterocycles. The molecule has 1 aromatic carbocycles. The van der Waals surface area contributed by atoms with E-state index in [9.17, 15) is 9.59 Å². The van der Waals surface area contributed by atoms with Gasteiger partial charge >= 0.3 is 6.03 Å². The molecule has 0 radical (unpaired) electrons. The third-order valence-corrected chi connectivity index (χ3v) is 3.14. The van der Waals surface area contributed by atoms with Gasteiger partial charge in [-0.3, -0.25) is 10.1 Å². The first-order chi connectivity index (χ1) is 8.02. The number of rotatable bonds is 3. The first kappa shape index (κ1) is 13.4. The molecule has 17 heavy (non-hydrogen) atoms. The summed E-state index contributed by atoms with van der Waals surface area (Å²) in [6.45, 7) is 1.74. The zero-order chi connectivity index (χ0) is 12.8. The Morgan fingerprint density at radius 3 is 2.41 bits per heavy atom. The summed E-state index contributed by atoms with van der Waals surface area (Å²) in [5.74, 6) is -0.328. The second kappa shape index (κ2) is 6.15. The highest BCUT2D eigenvalue weighted by Crippen LogP contribution is 2.23. The molecule has 92 valence electrons. The van der Waals surface area contributed by atoms with Crippen molar-refractivity contribution in [2.24, 2.45) is 0 Å². The third-order valence-electron chi connectivity index (χ3n) is 2.03. The maximum absolute atomic E-state index is 11.6. The molecule has 0 heterocycles. The van der Waals surface area contributed by atoms with E-state index in [1.165, 1.54) is 18.8 Å². The van der Waals surface area contributed by atoms with E-state index in [0.717, 1.165) is 4.90 Å². The third kappa shape index (κ3) is 4.36. The maximum Gasteiger partial charge on any atom is 0.321 e. The van der Waals surface area contributed by atoms with Crippen LogP contribution in [0.1, 0.15) is 6.92 Å². The molecule has 0 aliphatic carbocycles. The number of amides is 3. The summed E-state index contributed by atoms with van der Waals surface area (Å²) in [7, 11) is 1.46. The fourth-order valence-electron chi connectivity index (χ4n) is 1.08. The van der Waals surface area contributed by atoms with Crippen LogP contribution in [0.5, 0.6) is 0 Å². The van der Waals surface area contributed by atoms with E-state index in [0.29, 0.717) is 5.69 Å². The van der Waals surface area contributed by atoms with Crippen LogP contribution >= 0.6 is 11.8 Å². The molecule has 0 saturated heterocycles. The number of hydrogen-bond acceptors (Lipinski definition) is 4. The first-order valence-corrected chi connectivity index (χ1v) is 5.95. The number of thioether (sulfide) groups is 1. The molecule has 1 atom stereocenters. The highest BCUT2D eigenvalue weighted by molar-refractivity contribution is 8.00. The van der Waals surface area contributed by atoms with Gasteiger partial charge in [-0.15, -0.1) is 11.8 Å². The van der Waals surface area contributed by atoms with E-state index in [-0.39, 0.29) is 11.2 Å². The van der Waals surface area contributed by atoms with E-state index in [4.69, 9.17) is 5.73 Å². The van der Waals surface area contributed by atoms with Crippen molar-refractivity contribution < 1.29 is 9.59 Å². The van der Waals surface area contributed by atoms with Crippen molar-refractivity contribution in [1.29, 1.82) is 0 Å². The van der Waals surface area contributed by atoms with E-state index >= 15 is 0 Å². The van der Waals surface area contributed by atoms with Gasteiger partial charge in [-0.25, -0.2) is 4.79 Å². The standard InChI is InChI=1S/C11H15N3O2S/c1-7(10(15)14-11(16)13-2)17-9-5-3-8(12)4-6-9/h3-7H,12H2,1-2H3,(H2,13,14,15,16). The average molecular weight is 253 g/mol. The van der Waals surface area contributed by atoms with E-state index in [1.807, 2.05) is 12.1 Å². The van der Waals surface area contributed by atoms with Gasteiger partial charge in [0.05, 0.1) is 5.25 Å². The molecule has 0 fully saturated rings. The normalized spacial score (nSPS) is 11.6. The van der Waals surface area contributed by atoms with Crippen molar-refractivity contribution in [3.63, 3.8) is 0 Å². The zero-order valence-electron chi connectivity index (χ0n) is 9.69. The van der Waals surface area contributed by atoms with Crippen LogP contribution in [0.3, 0.4) is 0 Å². The highest BCUT2D eigenvalue weighted by atomic mass is 32.2. The van der Waals surface area contributed by atoms with Crippen LogP contribution in [0.25, 0.3) is 0 Å². The Kier molecular flexibility index (Phi) is 4.84. The van der Waals surface area contributed by atoms with E-state index in [2.05, 4.69) is 10.6 Å². The minimum Gasteiger partial charge on any atom is -0.399 e. The maximum atomic E-state index is 11.6. The lowest BCUT2D eigenvalue weighted by molar-refractivity contribution is -0.119. The van der Waals surface area contributed by atoms with Crippen molar-refractivity contribution in [2.75, 3.05) is 12.8 Å². The van der Waals surface area contributed by atoms with E-state index < -0.39 is 6.03 Å². The lowest BCUT2D eigenvalue weighted by Gasteiger charge is -2.10. The molecule has 0 saturated carbocycles. The Hall–Kier alpha value is -1.69. The van der Waals surface area contributed by atoms with Gasteiger partial charge < -0.3 is 11.1 Å². The van der Waals surface area contributed by atoms with Gasteiger partial charge in [0, 0.05) is 17.6 Å². The van der Waals surface area contributed by atoms with Gasteiger partial charge in [0.15, 0.2) is 0 Å². The van der Waals surface area contributed by atoms with Crippen LogP contribution in [0.4, 0.5) is 10.5 Å². The van der Waals surface area contributed by atoms with Crippen LogP contribution in [-0.4, -0.2) is 24.2 Å².